The van der Waals surface area contributed by atoms with Crippen LogP contribution in [0.15, 0.2) is 48.7 Å². The minimum Gasteiger partial charge on any atom is -0.352 e. The number of hydrogen-bond donors (Lipinski definition) is 2. The molecular weight excluding hydrogens is 212 g/mol. The first kappa shape index (κ1) is 9.84. The van der Waals surface area contributed by atoms with Crippen molar-refractivity contribution in [3.8, 4) is 0 Å². The molecule has 0 amide bonds. The summed E-state index contributed by atoms with van der Waals surface area (Å²) in [4.78, 5) is 11.7. The van der Waals surface area contributed by atoms with Crippen LogP contribution in [-0.4, -0.2) is 15.0 Å². The summed E-state index contributed by atoms with van der Waals surface area (Å²) in [6.45, 7) is 0.751. The number of nitrogens with one attached hydrogen (secondary N) is 2. The predicted molar refractivity (Wildman–Crippen MR) is 67.7 cm³/mol. The fourth-order valence-electron chi connectivity index (χ4n) is 1.71. The predicted octanol–water partition coefficient (Wildman–Crippen LogP) is 2.57. The number of benzene rings is 1. The zero-order valence-corrected chi connectivity index (χ0v) is 9.22. The SMILES string of the molecule is c1ccc(CNc2nc3ncccc3[nH]2)cc1. The van der Waals surface area contributed by atoms with E-state index in [1.165, 1.54) is 5.56 Å². The molecule has 17 heavy (non-hydrogen) atoms. The minimum absolute atomic E-state index is 0.739. The van der Waals surface area contributed by atoms with Gasteiger partial charge in [0.1, 0.15) is 0 Å². The van der Waals surface area contributed by atoms with Crippen LogP contribution in [0.2, 0.25) is 0 Å². The first-order valence-electron chi connectivity index (χ1n) is 5.50. The Morgan fingerprint density at radius 2 is 1.94 bits per heavy atom. The third kappa shape index (κ3) is 2.10. The molecule has 3 aromatic rings. The van der Waals surface area contributed by atoms with Gasteiger partial charge >= 0.3 is 0 Å². The maximum atomic E-state index is 4.35. The molecule has 0 radical (unpaired) electrons. The van der Waals surface area contributed by atoms with Gasteiger partial charge in [-0.2, -0.15) is 4.98 Å². The van der Waals surface area contributed by atoms with Gasteiger partial charge in [0.25, 0.3) is 0 Å². The lowest BCUT2D eigenvalue weighted by molar-refractivity contribution is 1.10. The maximum Gasteiger partial charge on any atom is 0.202 e. The molecule has 0 aliphatic carbocycles. The van der Waals surface area contributed by atoms with Crippen LogP contribution in [0.3, 0.4) is 0 Å². The first-order chi connectivity index (χ1) is 8.42. The number of fused-ring (bicyclic) bond motifs is 1. The van der Waals surface area contributed by atoms with E-state index in [1.807, 2.05) is 30.3 Å². The Labute approximate surface area is 98.7 Å². The molecule has 4 nitrogen and oxygen atoms in total. The number of aromatic amines is 1. The second-order valence-electron chi connectivity index (χ2n) is 3.80. The summed E-state index contributed by atoms with van der Waals surface area (Å²) in [7, 11) is 0. The van der Waals surface area contributed by atoms with E-state index in [4.69, 9.17) is 0 Å². The van der Waals surface area contributed by atoms with Gasteiger partial charge in [-0.05, 0) is 17.7 Å². The van der Waals surface area contributed by atoms with Crippen molar-refractivity contribution in [3.05, 3.63) is 54.2 Å². The number of pyridine rings is 1. The summed E-state index contributed by atoms with van der Waals surface area (Å²) in [5, 5.41) is 3.24. The lowest BCUT2D eigenvalue weighted by Gasteiger charge is -2.01. The molecule has 2 aromatic heterocycles. The van der Waals surface area contributed by atoms with Gasteiger partial charge in [-0.25, -0.2) is 4.98 Å². The maximum absolute atomic E-state index is 4.35. The van der Waals surface area contributed by atoms with E-state index in [1.54, 1.807) is 6.20 Å². The lowest BCUT2D eigenvalue weighted by atomic mass is 10.2. The van der Waals surface area contributed by atoms with Gasteiger partial charge < -0.3 is 10.3 Å². The van der Waals surface area contributed by atoms with Gasteiger partial charge in [0.05, 0.1) is 5.52 Å². The molecule has 0 bridgehead atoms. The van der Waals surface area contributed by atoms with Gasteiger partial charge in [-0.1, -0.05) is 30.3 Å². The zero-order valence-electron chi connectivity index (χ0n) is 9.22. The summed E-state index contributed by atoms with van der Waals surface area (Å²) in [6, 6.07) is 14.1. The lowest BCUT2D eigenvalue weighted by Crippen LogP contribution is -2.00. The molecule has 0 spiro atoms. The summed E-state index contributed by atoms with van der Waals surface area (Å²) >= 11 is 0. The van der Waals surface area contributed by atoms with Crippen LogP contribution in [0, 0.1) is 0 Å². The first-order valence-corrected chi connectivity index (χ1v) is 5.50. The molecule has 1 aromatic carbocycles. The van der Waals surface area contributed by atoms with Crippen LogP contribution < -0.4 is 5.32 Å². The fraction of sp³-hybridized carbons (Fsp3) is 0.0769. The average Bonchev–Trinajstić information content (AvgIpc) is 2.80. The van der Waals surface area contributed by atoms with E-state index in [0.717, 1.165) is 23.7 Å². The molecule has 0 aliphatic heterocycles. The van der Waals surface area contributed by atoms with Gasteiger partial charge in [-0.3, -0.25) is 0 Å². The molecule has 4 heteroatoms. The Balaban J connectivity index is 1.77. The van der Waals surface area contributed by atoms with Crippen molar-refractivity contribution in [2.75, 3.05) is 5.32 Å². The van der Waals surface area contributed by atoms with Gasteiger partial charge in [0, 0.05) is 12.7 Å². The molecule has 2 heterocycles. The number of nitrogens with zero attached hydrogens (tertiary/aromatic N) is 2. The summed E-state index contributed by atoms with van der Waals surface area (Å²) in [6.07, 6.45) is 1.74. The molecule has 0 aliphatic rings. The Hall–Kier alpha value is -2.36. The Kier molecular flexibility index (Phi) is 2.46. The van der Waals surface area contributed by atoms with Crippen molar-refractivity contribution in [2.24, 2.45) is 0 Å². The highest BCUT2D eigenvalue weighted by molar-refractivity contribution is 5.72. The molecule has 0 atom stereocenters. The van der Waals surface area contributed by atoms with Crippen molar-refractivity contribution < 1.29 is 0 Å². The number of aromatic nitrogens is 3. The van der Waals surface area contributed by atoms with Crippen LogP contribution >= 0.6 is 0 Å². The number of hydrogen-bond acceptors (Lipinski definition) is 3. The van der Waals surface area contributed by atoms with Crippen LogP contribution in [-0.2, 0) is 6.54 Å². The van der Waals surface area contributed by atoms with Crippen molar-refractivity contribution in [1.29, 1.82) is 0 Å². The molecule has 3 rings (SSSR count). The van der Waals surface area contributed by atoms with Crippen molar-refractivity contribution in [2.45, 2.75) is 6.54 Å². The third-order valence-corrected chi connectivity index (χ3v) is 2.56. The Morgan fingerprint density at radius 3 is 2.76 bits per heavy atom. The topological polar surface area (TPSA) is 53.6 Å². The van der Waals surface area contributed by atoms with Crippen molar-refractivity contribution in [3.63, 3.8) is 0 Å². The highest BCUT2D eigenvalue weighted by Crippen LogP contribution is 2.11. The van der Waals surface area contributed by atoms with Gasteiger partial charge in [0.2, 0.25) is 5.95 Å². The largest absolute Gasteiger partial charge is 0.352 e. The van der Waals surface area contributed by atoms with E-state index < -0.39 is 0 Å². The summed E-state index contributed by atoms with van der Waals surface area (Å²) in [5.41, 5.74) is 2.91. The minimum atomic E-state index is 0.739. The molecule has 0 saturated heterocycles. The second-order valence-corrected chi connectivity index (χ2v) is 3.80. The van der Waals surface area contributed by atoms with Crippen molar-refractivity contribution in [1.82, 2.24) is 15.0 Å². The Bertz CT molecular complexity index is 582. The van der Waals surface area contributed by atoms with E-state index in [0.29, 0.717) is 0 Å². The van der Waals surface area contributed by atoms with Crippen LogP contribution in [0.25, 0.3) is 11.2 Å². The number of H-pyrrole nitrogens is 1. The molecule has 84 valence electrons. The molecule has 0 fully saturated rings. The van der Waals surface area contributed by atoms with E-state index >= 15 is 0 Å². The zero-order chi connectivity index (χ0) is 11.5. The van der Waals surface area contributed by atoms with Crippen molar-refractivity contribution >= 4 is 17.1 Å². The van der Waals surface area contributed by atoms with Crippen LogP contribution in [0.5, 0.6) is 0 Å². The smallest absolute Gasteiger partial charge is 0.202 e. The quantitative estimate of drug-likeness (QED) is 0.719. The monoisotopic (exact) mass is 224 g/mol. The average molecular weight is 224 g/mol. The molecule has 0 saturated carbocycles. The van der Waals surface area contributed by atoms with E-state index in [2.05, 4.69) is 32.4 Å². The van der Waals surface area contributed by atoms with Gasteiger partial charge in [0.15, 0.2) is 5.65 Å². The standard InChI is InChI=1S/C13H12N4/c1-2-5-10(6-3-1)9-15-13-16-11-7-4-8-14-12(11)17-13/h1-8H,9H2,(H2,14,15,16,17). The van der Waals surface area contributed by atoms with Crippen LogP contribution in [0.4, 0.5) is 5.95 Å². The molecular formula is C13H12N4. The molecule has 2 N–H and O–H groups in total. The number of imidazole rings is 1. The van der Waals surface area contributed by atoms with Gasteiger partial charge in [-0.15, -0.1) is 0 Å². The third-order valence-electron chi connectivity index (χ3n) is 2.56. The highest BCUT2D eigenvalue weighted by Gasteiger charge is 2.01. The Morgan fingerprint density at radius 1 is 1.06 bits per heavy atom. The summed E-state index contributed by atoms with van der Waals surface area (Å²) < 4.78 is 0. The normalized spacial score (nSPS) is 10.6. The fourth-order valence-corrected chi connectivity index (χ4v) is 1.71. The second kappa shape index (κ2) is 4.25. The van der Waals surface area contributed by atoms with Crippen LogP contribution in [0.1, 0.15) is 5.56 Å². The summed E-state index contributed by atoms with van der Waals surface area (Å²) in [5.74, 6) is 0.752. The molecule has 0 unspecified atom stereocenters. The van der Waals surface area contributed by atoms with E-state index in [-0.39, 0.29) is 0 Å². The highest BCUT2D eigenvalue weighted by atomic mass is 15.1. The number of anilines is 1. The van der Waals surface area contributed by atoms with E-state index in [9.17, 15) is 0 Å². The number of rotatable bonds is 3.